The quantitative estimate of drug-likeness (QED) is 0.408. The summed E-state index contributed by atoms with van der Waals surface area (Å²) in [6, 6.07) is 13.0. The van der Waals surface area contributed by atoms with Gasteiger partial charge in [-0.25, -0.2) is 15.0 Å². The lowest BCUT2D eigenvalue weighted by molar-refractivity contribution is -0.141. The summed E-state index contributed by atoms with van der Waals surface area (Å²) in [5.41, 5.74) is 0.716. The Morgan fingerprint density at radius 3 is 2.37 bits per heavy atom. The van der Waals surface area contributed by atoms with Crippen LogP contribution in [0.25, 0.3) is 33.7 Å². The van der Waals surface area contributed by atoms with Gasteiger partial charge in [-0.2, -0.15) is 13.2 Å². The fraction of sp³-hybridized carbons (Fsp3) is 0.333. The number of ether oxygens (including phenoxy) is 1. The van der Waals surface area contributed by atoms with Gasteiger partial charge < -0.3 is 14.6 Å². The van der Waals surface area contributed by atoms with Gasteiger partial charge in [-0.1, -0.05) is 30.3 Å². The number of alkyl halides is 3. The number of H-pyrrole nitrogens is 1. The lowest BCUT2D eigenvalue weighted by atomic mass is 10.0. The molecule has 4 heterocycles. The molecule has 0 atom stereocenters. The molecule has 0 aliphatic carbocycles. The van der Waals surface area contributed by atoms with Crippen molar-refractivity contribution in [3.8, 4) is 28.3 Å². The Labute approximate surface area is 217 Å². The summed E-state index contributed by atoms with van der Waals surface area (Å²) in [4.78, 5) is 32.9. The van der Waals surface area contributed by atoms with Gasteiger partial charge in [-0.15, -0.1) is 0 Å². The third-order valence-corrected chi connectivity index (χ3v) is 6.47. The van der Waals surface area contributed by atoms with Crippen LogP contribution in [0.2, 0.25) is 0 Å². The van der Waals surface area contributed by atoms with Crippen molar-refractivity contribution in [2.75, 3.05) is 46.4 Å². The smallest absolute Gasteiger partial charge is 0.433 e. The van der Waals surface area contributed by atoms with Crippen molar-refractivity contribution in [3.05, 3.63) is 70.3 Å². The Bertz CT molecular complexity index is 1500. The van der Waals surface area contributed by atoms with Crippen molar-refractivity contribution < 1.29 is 17.9 Å². The molecule has 0 spiro atoms. The van der Waals surface area contributed by atoms with E-state index in [0.29, 0.717) is 29.9 Å². The van der Waals surface area contributed by atoms with Crippen LogP contribution in [0.15, 0.2) is 53.3 Å². The fourth-order valence-electron chi connectivity index (χ4n) is 4.41. The zero-order valence-corrected chi connectivity index (χ0v) is 21.0. The van der Waals surface area contributed by atoms with Crippen molar-refractivity contribution in [1.82, 2.24) is 29.7 Å². The van der Waals surface area contributed by atoms with E-state index in [1.54, 1.807) is 24.3 Å². The highest BCUT2D eigenvalue weighted by atomic mass is 19.4. The molecule has 5 rings (SSSR count). The number of rotatable bonds is 6. The molecule has 4 aromatic rings. The van der Waals surface area contributed by atoms with Gasteiger partial charge in [0, 0.05) is 55.6 Å². The summed E-state index contributed by atoms with van der Waals surface area (Å²) >= 11 is 0. The number of hydrogen-bond donors (Lipinski definition) is 1. The second-order valence-electron chi connectivity index (χ2n) is 9.36. The van der Waals surface area contributed by atoms with E-state index in [-0.39, 0.29) is 28.3 Å². The second-order valence-corrected chi connectivity index (χ2v) is 9.36. The first-order chi connectivity index (χ1) is 18.2. The summed E-state index contributed by atoms with van der Waals surface area (Å²) in [7, 11) is 2.08. The molecule has 0 amide bonds. The summed E-state index contributed by atoms with van der Waals surface area (Å²) in [6.45, 7) is 6.29. The number of aromatic nitrogens is 4. The normalized spacial score (nSPS) is 15.2. The average Bonchev–Trinajstić information content (AvgIpc) is 2.89. The molecule has 1 aliphatic heterocycles. The van der Waals surface area contributed by atoms with Crippen LogP contribution >= 0.6 is 0 Å². The van der Waals surface area contributed by atoms with Crippen LogP contribution in [0.4, 0.5) is 13.2 Å². The molecular weight excluding hydrogens is 497 g/mol. The maximum absolute atomic E-state index is 13.5. The van der Waals surface area contributed by atoms with Crippen LogP contribution < -0.4 is 10.3 Å². The molecule has 0 bridgehead atoms. The van der Waals surface area contributed by atoms with Crippen molar-refractivity contribution in [3.63, 3.8) is 0 Å². The standard InChI is InChI=1S/C27H27F3N6O2/c1-17-14-19(15-22(31-17)27(28,29)30)24-23(18-6-4-3-5-7-18)33-25-20(32-24)16-21(26(37)34-25)38-13-12-36-10-8-35(2)9-11-36/h3-7,14-16H,8-13H2,1-2H3,(H,33,34,37). The highest BCUT2D eigenvalue weighted by molar-refractivity contribution is 5.85. The fourth-order valence-corrected chi connectivity index (χ4v) is 4.41. The van der Waals surface area contributed by atoms with Crippen LogP contribution in [0.1, 0.15) is 11.4 Å². The predicted octanol–water partition coefficient (Wildman–Crippen LogP) is 4.00. The van der Waals surface area contributed by atoms with E-state index < -0.39 is 17.4 Å². The van der Waals surface area contributed by atoms with E-state index in [0.717, 1.165) is 32.2 Å². The molecule has 11 heteroatoms. The minimum atomic E-state index is -4.62. The molecule has 8 nitrogen and oxygen atoms in total. The van der Waals surface area contributed by atoms with Gasteiger partial charge in [0.15, 0.2) is 11.4 Å². The number of halogens is 3. The molecule has 1 N–H and O–H groups in total. The van der Waals surface area contributed by atoms with Crippen molar-refractivity contribution >= 4 is 11.2 Å². The molecule has 1 saturated heterocycles. The molecule has 1 aromatic carbocycles. The Balaban J connectivity index is 1.54. The van der Waals surface area contributed by atoms with Crippen LogP contribution in [-0.2, 0) is 6.18 Å². The Morgan fingerprint density at radius 1 is 0.947 bits per heavy atom. The molecule has 1 fully saturated rings. The van der Waals surface area contributed by atoms with E-state index in [9.17, 15) is 18.0 Å². The number of nitrogens with zero attached hydrogens (tertiary/aromatic N) is 5. The number of piperazine rings is 1. The Kier molecular flexibility index (Phi) is 7.13. The number of likely N-dealkylation sites (N-methyl/N-ethyl adjacent to an activating group) is 1. The maximum atomic E-state index is 13.5. The number of nitrogens with one attached hydrogen (secondary N) is 1. The first-order valence-corrected chi connectivity index (χ1v) is 12.3. The molecular formula is C27H27F3N6O2. The first kappa shape index (κ1) is 25.8. The zero-order chi connectivity index (χ0) is 26.9. The number of benzene rings is 1. The summed E-state index contributed by atoms with van der Waals surface area (Å²) < 4.78 is 46.4. The second kappa shape index (κ2) is 10.5. The number of pyridine rings is 2. The largest absolute Gasteiger partial charge is 0.486 e. The average molecular weight is 525 g/mol. The van der Waals surface area contributed by atoms with E-state index in [2.05, 4.69) is 36.8 Å². The van der Waals surface area contributed by atoms with E-state index in [1.165, 1.54) is 19.1 Å². The number of hydrogen-bond acceptors (Lipinski definition) is 7. The van der Waals surface area contributed by atoms with Crippen molar-refractivity contribution in [2.24, 2.45) is 0 Å². The summed E-state index contributed by atoms with van der Waals surface area (Å²) in [6.07, 6.45) is -4.62. The van der Waals surface area contributed by atoms with Crippen LogP contribution in [0.3, 0.4) is 0 Å². The SMILES string of the molecule is Cc1cc(-c2nc3cc(OCCN4CCN(C)CC4)c(=O)[nH]c3nc2-c2ccccc2)cc(C(F)(F)F)n1. The van der Waals surface area contributed by atoms with Gasteiger partial charge in [0.2, 0.25) is 0 Å². The Hall–Kier alpha value is -3.83. The summed E-state index contributed by atoms with van der Waals surface area (Å²) in [5, 5.41) is 0. The summed E-state index contributed by atoms with van der Waals surface area (Å²) in [5.74, 6) is 0.0845. The van der Waals surface area contributed by atoms with Crippen LogP contribution in [0, 0.1) is 6.92 Å². The highest BCUT2D eigenvalue weighted by Gasteiger charge is 2.33. The van der Waals surface area contributed by atoms with E-state index >= 15 is 0 Å². The van der Waals surface area contributed by atoms with Crippen molar-refractivity contribution in [2.45, 2.75) is 13.1 Å². The molecule has 0 radical (unpaired) electrons. The number of fused-ring (bicyclic) bond motifs is 1. The van der Waals surface area contributed by atoms with Gasteiger partial charge in [0.1, 0.15) is 17.8 Å². The third kappa shape index (κ3) is 5.68. The molecule has 0 unspecified atom stereocenters. The minimum absolute atomic E-state index is 0.0845. The lowest BCUT2D eigenvalue weighted by Gasteiger charge is -2.32. The van der Waals surface area contributed by atoms with Gasteiger partial charge in [-0.05, 0) is 26.1 Å². The number of aryl methyl sites for hydroxylation is 1. The molecule has 38 heavy (non-hydrogen) atoms. The molecule has 1 aliphatic rings. The van der Waals surface area contributed by atoms with Crippen molar-refractivity contribution in [1.29, 1.82) is 0 Å². The van der Waals surface area contributed by atoms with E-state index in [4.69, 9.17) is 4.74 Å². The molecule has 198 valence electrons. The third-order valence-electron chi connectivity index (χ3n) is 6.47. The lowest BCUT2D eigenvalue weighted by Crippen LogP contribution is -2.45. The zero-order valence-electron chi connectivity index (χ0n) is 21.0. The van der Waals surface area contributed by atoms with Gasteiger partial charge in [0.25, 0.3) is 5.56 Å². The number of aromatic amines is 1. The highest BCUT2D eigenvalue weighted by Crippen LogP contribution is 2.35. The van der Waals surface area contributed by atoms with E-state index in [1.807, 2.05) is 6.07 Å². The van der Waals surface area contributed by atoms with Gasteiger partial charge in [0.05, 0.1) is 11.4 Å². The molecule has 3 aromatic heterocycles. The predicted molar refractivity (Wildman–Crippen MR) is 138 cm³/mol. The van der Waals surface area contributed by atoms with Gasteiger partial charge >= 0.3 is 6.18 Å². The minimum Gasteiger partial charge on any atom is -0.486 e. The monoisotopic (exact) mass is 524 g/mol. The Morgan fingerprint density at radius 2 is 1.66 bits per heavy atom. The topological polar surface area (TPSA) is 87.2 Å². The van der Waals surface area contributed by atoms with Gasteiger partial charge in [-0.3, -0.25) is 9.69 Å². The maximum Gasteiger partial charge on any atom is 0.433 e. The first-order valence-electron chi connectivity index (χ1n) is 12.3. The van der Waals surface area contributed by atoms with Crippen LogP contribution in [-0.4, -0.2) is 76.1 Å². The van der Waals surface area contributed by atoms with Crippen LogP contribution in [0.5, 0.6) is 5.75 Å². The molecule has 0 saturated carbocycles.